The second kappa shape index (κ2) is 8.84. The third-order valence-electron chi connectivity index (χ3n) is 6.05. The molecule has 1 aromatic heterocycles. The lowest BCUT2D eigenvalue weighted by Crippen LogP contribution is -2.47. The standard InChI is InChI=1S/C24H25ClN4O3/c1-16-19(13-18-4-2-3-5-20(18)25)23(30)27-24(26-16)29-10-8-28(9-11-29)14-17-6-7-21-22(12-17)32-15-31-21/h2-7,12H,8-11,13-15H2,1H3,(H,26,27,30). The maximum Gasteiger partial charge on any atom is 0.256 e. The van der Waals surface area contributed by atoms with Crippen molar-refractivity contribution in [3.63, 3.8) is 0 Å². The Kier molecular flexibility index (Phi) is 5.76. The molecule has 3 aromatic rings. The van der Waals surface area contributed by atoms with Gasteiger partial charge in [0.25, 0.3) is 5.56 Å². The first-order valence-corrected chi connectivity index (χ1v) is 11.1. The average Bonchev–Trinajstić information content (AvgIpc) is 3.26. The van der Waals surface area contributed by atoms with E-state index in [1.807, 2.05) is 37.3 Å². The number of nitrogens with one attached hydrogen (secondary N) is 1. The number of anilines is 1. The van der Waals surface area contributed by atoms with E-state index in [1.54, 1.807) is 0 Å². The van der Waals surface area contributed by atoms with Crippen LogP contribution in [0.3, 0.4) is 0 Å². The molecular weight excluding hydrogens is 428 g/mol. The number of aromatic amines is 1. The minimum atomic E-state index is -0.102. The minimum absolute atomic E-state index is 0.102. The van der Waals surface area contributed by atoms with Crippen LogP contribution in [-0.2, 0) is 13.0 Å². The quantitative estimate of drug-likeness (QED) is 0.640. The molecule has 2 aliphatic heterocycles. The van der Waals surface area contributed by atoms with Crippen LogP contribution >= 0.6 is 11.6 Å². The van der Waals surface area contributed by atoms with E-state index in [0.717, 1.165) is 55.5 Å². The molecule has 1 saturated heterocycles. The number of hydrogen-bond donors (Lipinski definition) is 1. The van der Waals surface area contributed by atoms with Gasteiger partial charge in [0.2, 0.25) is 12.7 Å². The van der Waals surface area contributed by atoms with Crippen LogP contribution in [-0.4, -0.2) is 47.8 Å². The van der Waals surface area contributed by atoms with Gasteiger partial charge in [0, 0.05) is 49.7 Å². The third kappa shape index (κ3) is 4.31. The normalized spacial score (nSPS) is 15.9. The number of hydrogen-bond acceptors (Lipinski definition) is 6. The number of ether oxygens (including phenoxy) is 2. The Bertz CT molecular complexity index is 1190. The lowest BCUT2D eigenvalue weighted by molar-refractivity contribution is 0.174. The lowest BCUT2D eigenvalue weighted by Gasteiger charge is -2.35. The van der Waals surface area contributed by atoms with E-state index in [2.05, 4.69) is 26.9 Å². The smallest absolute Gasteiger partial charge is 0.256 e. The van der Waals surface area contributed by atoms with Crippen LogP contribution in [0.15, 0.2) is 47.3 Å². The molecule has 2 aliphatic rings. The van der Waals surface area contributed by atoms with Gasteiger partial charge in [0.1, 0.15) is 0 Å². The van der Waals surface area contributed by atoms with Crippen LogP contribution in [0.4, 0.5) is 5.95 Å². The zero-order valence-corrected chi connectivity index (χ0v) is 18.7. The highest BCUT2D eigenvalue weighted by Crippen LogP contribution is 2.33. The highest BCUT2D eigenvalue weighted by molar-refractivity contribution is 6.31. The van der Waals surface area contributed by atoms with E-state index in [0.29, 0.717) is 29.7 Å². The van der Waals surface area contributed by atoms with Gasteiger partial charge in [-0.2, -0.15) is 0 Å². The summed E-state index contributed by atoms with van der Waals surface area (Å²) in [6.45, 7) is 6.41. The van der Waals surface area contributed by atoms with E-state index in [9.17, 15) is 4.79 Å². The lowest BCUT2D eigenvalue weighted by atomic mass is 10.1. The topological polar surface area (TPSA) is 70.7 Å². The fraction of sp³-hybridized carbons (Fsp3) is 0.333. The van der Waals surface area contributed by atoms with Crippen molar-refractivity contribution in [1.82, 2.24) is 14.9 Å². The van der Waals surface area contributed by atoms with Crippen LogP contribution in [0.5, 0.6) is 11.5 Å². The summed E-state index contributed by atoms with van der Waals surface area (Å²) in [5.41, 5.74) is 3.42. The molecule has 1 fully saturated rings. The van der Waals surface area contributed by atoms with Crippen molar-refractivity contribution in [3.8, 4) is 11.5 Å². The Morgan fingerprint density at radius 1 is 1.06 bits per heavy atom. The maximum atomic E-state index is 12.8. The Balaban J connectivity index is 1.23. The predicted molar refractivity (Wildman–Crippen MR) is 124 cm³/mol. The van der Waals surface area contributed by atoms with E-state index in [-0.39, 0.29) is 5.56 Å². The summed E-state index contributed by atoms with van der Waals surface area (Å²) in [5, 5.41) is 0.661. The van der Waals surface area contributed by atoms with Crippen molar-refractivity contribution >= 4 is 17.5 Å². The molecule has 2 aromatic carbocycles. The molecule has 0 atom stereocenters. The number of aromatic nitrogens is 2. The number of benzene rings is 2. The molecule has 3 heterocycles. The van der Waals surface area contributed by atoms with Crippen LogP contribution in [0, 0.1) is 6.92 Å². The van der Waals surface area contributed by atoms with Gasteiger partial charge < -0.3 is 14.4 Å². The predicted octanol–water partition coefficient (Wildman–Crippen LogP) is 3.37. The fourth-order valence-electron chi connectivity index (χ4n) is 4.20. The SMILES string of the molecule is Cc1nc(N2CCN(Cc3ccc4c(c3)OCO4)CC2)[nH]c(=O)c1Cc1ccccc1Cl. The van der Waals surface area contributed by atoms with Crippen LogP contribution < -0.4 is 19.9 Å². The first-order valence-electron chi connectivity index (χ1n) is 10.8. The van der Waals surface area contributed by atoms with Gasteiger partial charge in [-0.15, -0.1) is 0 Å². The van der Waals surface area contributed by atoms with Gasteiger partial charge in [-0.1, -0.05) is 35.9 Å². The highest BCUT2D eigenvalue weighted by atomic mass is 35.5. The Labute approximate surface area is 191 Å². The van der Waals surface area contributed by atoms with Gasteiger partial charge in [-0.05, 0) is 36.2 Å². The van der Waals surface area contributed by atoms with Gasteiger partial charge in [0.05, 0.1) is 5.69 Å². The molecule has 0 amide bonds. The van der Waals surface area contributed by atoms with Crippen molar-refractivity contribution in [2.45, 2.75) is 19.9 Å². The summed E-state index contributed by atoms with van der Waals surface area (Å²) in [6, 6.07) is 13.7. The molecule has 5 rings (SSSR count). The summed E-state index contributed by atoms with van der Waals surface area (Å²) in [5.74, 6) is 2.26. The summed E-state index contributed by atoms with van der Waals surface area (Å²) in [4.78, 5) is 25.1. The Morgan fingerprint density at radius 2 is 1.84 bits per heavy atom. The van der Waals surface area contributed by atoms with Crippen molar-refractivity contribution in [1.29, 1.82) is 0 Å². The highest BCUT2D eigenvalue weighted by Gasteiger charge is 2.21. The number of aryl methyl sites for hydroxylation is 1. The van der Waals surface area contributed by atoms with Crippen molar-refractivity contribution < 1.29 is 9.47 Å². The van der Waals surface area contributed by atoms with Crippen LogP contribution in [0.25, 0.3) is 0 Å². The number of piperazine rings is 1. The summed E-state index contributed by atoms with van der Waals surface area (Å²) in [7, 11) is 0. The van der Waals surface area contributed by atoms with Gasteiger partial charge in [-0.25, -0.2) is 4.98 Å². The van der Waals surface area contributed by atoms with E-state index in [1.165, 1.54) is 5.56 Å². The molecule has 8 heteroatoms. The van der Waals surface area contributed by atoms with E-state index in [4.69, 9.17) is 26.1 Å². The largest absolute Gasteiger partial charge is 0.454 e. The average molecular weight is 453 g/mol. The minimum Gasteiger partial charge on any atom is -0.454 e. The molecule has 0 saturated carbocycles. The second-order valence-electron chi connectivity index (χ2n) is 8.17. The molecule has 0 spiro atoms. The zero-order chi connectivity index (χ0) is 22.1. The van der Waals surface area contributed by atoms with Crippen molar-refractivity contribution in [2.24, 2.45) is 0 Å². The Hall–Kier alpha value is -3.03. The van der Waals surface area contributed by atoms with Gasteiger partial charge in [-0.3, -0.25) is 14.7 Å². The molecular formula is C24H25ClN4O3. The molecule has 32 heavy (non-hydrogen) atoms. The van der Waals surface area contributed by atoms with Crippen molar-refractivity contribution in [3.05, 3.63) is 80.2 Å². The van der Waals surface area contributed by atoms with Crippen LogP contribution in [0.2, 0.25) is 5.02 Å². The third-order valence-corrected chi connectivity index (χ3v) is 6.42. The fourth-order valence-corrected chi connectivity index (χ4v) is 4.40. The molecule has 1 N–H and O–H groups in total. The number of fused-ring (bicyclic) bond motifs is 1. The van der Waals surface area contributed by atoms with E-state index < -0.39 is 0 Å². The Morgan fingerprint density at radius 3 is 2.62 bits per heavy atom. The molecule has 166 valence electrons. The summed E-state index contributed by atoms with van der Waals surface area (Å²) < 4.78 is 10.9. The monoisotopic (exact) mass is 452 g/mol. The number of halogens is 1. The first-order chi connectivity index (χ1) is 15.6. The van der Waals surface area contributed by atoms with Gasteiger partial charge >= 0.3 is 0 Å². The summed E-state index contributed by atoms with van der Waals surface area (Å²) in [6.07, 6.45) is 0.470. The van der Waals surface area contributed by atoms with Crippen molar-refractivity contribution in [2.75, 3.05) is 37.9 Å². The molecule has 0 aliphatic carbocycles. The molecule has 0 radical (unpaired) electrons. The van der Waals surface area contributed by atoms with Gasteiger partial charge in [0.15, 0.2) is 11.5 Å². The number of nitrogens with zero attached hydrogens (tertiary/aromatic N) is 3. The molecule has 0 bridgehead atoms. The zero-order valence-electron chi connectivity index (χ0n) is 17.9. The summed E-state index contributed by atoms with van der Waals surface area (Å²) >= 11 is 6.27. The maximum absolute atomic E-state index is 12.8. The number of rotatable bonds is 5. The van der Waals surface area contributed by atoms with Crippen LogP contribution in [0.1, 0.15) is 22.4 Å². The molecule has 0 unspecified atom stereocenters. The first kappa shape index (κ1) is 20.8. The second-order valence-corrected chi connectivity index (χ2v) is 8.58. The number of H-pyrrole nitrogens is 1. The molecule has 7 nitrogen and oxygen atoms in total. The van der Waals surface area contributed by atoms with E-state index >= 15 is 0 Å².